The molecule has 0 aliphatic heterocycles. The van der Waals surface area contributed by atoms with Gasteiger partial charge in [0.2, 0.25) is 10.9 Å². The third-order valence-electron chi connectivity index (χ3n) is 2.14. The molecule has 11 heteroatoms. The number of aromatic amines is 1. The van der Waals surface area contributed by atoms with Crippen molar-refractivity contribution in [2.45, 2.75) is 18.1 Å². The Morgan fingerprint density at radius 3 is 2.79 bits per heavy atom. The molecule has 0 bridgehead atoms. The summed E-state index contributed by atoms with van der Waals surface area (Å²) in [6.07, 6.45) is 0. The molecule has 0 fully saturated rings. The van der Waals surface area contributed by atoms with Crippen LogP contribution in [0.5, 0.6) is 0 Å². The quantitative estimate of drug-likeness (QED) is 0.667. The zero-order chi connectivity index (χ0) is 14.0. The molecule has 0 spiro atoms. The van der Waals surface area contributed by atoms with Gasteiger partial charge < -0.3 is 9.52 Å². The monoisotopic (exact) mass is 287 g/mol. The van der Waals surface area contributed by atoms with Crippen molar-refractivity contribution in [3.05, 3.63) is 23.7 Å². The molecule has 10 nitrogen and oxygen atoms in total. The molecule has 0 aromatic carbocycles. The molecule has 2 rings (SSSR count). The minimum atomic E-state index is -4.00. The second kappa shape index (κ2) is 4.78. The summed E-state index contributed by atoms with van der Waals surface area (Å²) in [5, 5.41) is 20.9. The Bertz CT molecular complexity index is 676. The van der Waals surface area contributed by atoms with Crippen LogP contribution in [0, 0.1) is 0 Å². The zero-order valence-electron chi connectivity index (χ0n) is 9.56. The summed E-state index contributed by atoms with van der Waals surface area (Å²) in [6.45, 7) is 1.50. The number of furan rings is 1. The summed E-state index contributed by atoms with van der Waals surface area (Å²) in [5.41, 5.74) is 0. The highest BCUT2D eigenvalue weighted by molar-refractivity contribution is 7.89. The number of aromatic nitrogens is 4. The lowest BCUT2D eigenvalue weighted by atomic mass is 10.4. The van der Waals surface area contributed by atoms with E-state index < -0.39 is 32.9 Å². The Morgan fingerprint density at radius 2 is 2.26 bits per heavy atom. The summed E-state index contributed by atoms with van der Waals surface area (Å²) < 4.78 is 30.7. The van der Waals surface area contributed by atoms with Crippen LogP contribution in [0.25, 0.3) is 0 Å². The fourth-order valence-corrected chi connectivity index (χ4v) is 2.41. The van der Waals surface area contributed by atoms with Gasteiger partial charge in [-0.2, -0.15) is 9.94 Å². The Kier molecular flexibility index (Phi) is 3.31. The van der Waals surface area contributed by atoms with Crippen LogP contribution in [-0.4, -0.2) is 40.1 Å². The second-order valence-electron chi connectivity index (χ2n) is 3.54. The third-order valence-corrected chi connectivity index (χ3v) is 3.55. The Morgan fingerprint density at radius 1 is 1.53 bits per heavy atom. The minimum Gasteiger partial charge on any atom is -0.475 e. The minimum absolute atomic E-state index is 0.147. The number of sulfonamides is 1. The fourth-order valence-electron chi connectivity index (χ4n) is 1.28. The standard InChI is InChI=1S/C8H9N5O5S/c1-4(7-9-12-13-10-7)11-19(16,17)6-3-2-5(18-6)8(14)15/h2-4,11H,1H3,(H,14,15)(H,9,10,12,13). The van der Waals surface area contributed by atoms with Crippen molar-refractivity contribution >= 4 is 16.0 Å². The van der Waals surface area contributed by atoms with E-state index in [1.165, 1.54) is 6.92 Å². The first-order chi connectivity index (χ1) is 8.90. The predicted octanol–water partition coefficient (Wildman–Crippen LogP) is -0.470. The highest BCUT2D eigenvalue weighted by Gasteiger charge is 2.25. The number of tetrazole rings is 1. The van der Waals surface area contributed by atoms with E-state index in [0.29, 0.717) is 0 Å². The van der Waals surface area contributed by atoms with Gasteiger partial charge in [0.25, 0.3) is 10.0 Å². The van der Waals surface area contributed by atoms with Gasteiger partial charge in [0.15, 0.2) is 5.82 Å². The first-order valence-electron chi connectivity index (χ1n) is 4.99. The van der Waals surface area contributed by atoms with Crippen molar-refractivity contribution in [3.63, 3.8) is 0 Å². The number of nitrogens with one attached hydrogen (secondary N) is 2. The molecule has 1 atom stereocenters. The number of carbonyl (C=O) groups is 1. The van der Waals surface area contributed by atoms with Crippen LogP contribution in [-0.2, 0) is 10.0 Å². The SMILES string of the molecule is CC(NS(=O)(=O)c1ccc(C(=O)O)o1)c1nn[nH]n1. The molecule has 0 aliphatic rings. The lowest BCUT2D eigenvalue weighted by Crippen LogP contribution is -2.27. The van der Waals surface area contributed by atoms with Crippen molar-refractivity contribution in [2.75, 3.05) is 0 Å². The molecule has 0 radical (unpaired) electrons. The largest absolute Gasteiger partial charge is 0.475 e. The van der Waals surface area contributed by atoms with Gasteiger partial charge in [-0.15, -0.1) is 10.2 Å². The van der Waals surface area contributed by atoms with Crippen LogP contribution in [0.4, 0.5) is 0 Å². The molecule has 19 heavy (non-hydrogen) atoms. The average Bonchev–Trinajstić information content (AvgIpc) is 3.00. The second-order valence-corrected chi connectivity index (χ2v) is 5.18. The van der Waals surface area contributed by atoms with E-state index in [0.717, 1.165) is 12.1 Å². The van der Waals surface area contributed by atoms with Gasteiger partial charge in [-0.1, -0.05) is 5.21 Å². The number of carboxylic acid groups (broad SMARTS) is 1. The molecule has 2 heterocycles. The number of rotatable bonds is 5. The van der Waals surface area contributed by atoms with Crippen LogP contribution in [0.1, 0.15) is 29.3 Å². The van der Waals surface area contributed by atoms with E-state index in [2.05, 4.69) is 25.3 Å². The first kappa shape index (κ1) is 13.2. The van der Waals surface area contributed by atoms with Gasteiger partial charge in [0.05, 0.1) is 6.04 Å². The van der Waals surface area contributed by atoms with Gasteiger partial charge >= 0.3 is 5.97 Å². The first-order valence-corrected chi connectivity index (χ1v) is 6.47. The normalized spacial score (nSPS) is 13.3. The fraction of sp³-hybridized carbons (Fsp3) is 0.250. The Labute approximate surface area is 106 Å². The van der Waals surface area contributed by atoms with Gasteiger partial charge in [0.1, 0.15) is 0 Å². The topological polar surface area (TPSA) is 151 Å². The van der Waals surface area contributed by atoms with E-state index in [-0.39, 0.29) is 5.82 Å². The van der Waals surface area contributed by atoms with E-state index in [1.807, 2.05) is 0 Å². The molecule has 2 aromatic rings. The smallest absolute Gasteiger partial charge is 0.371 e. The Balaban J connectivity index is 2.20. The maximum absolute atomic E-state index is 11.9. The van der Waals surface area contributed by atoms with E-state index >= 15 is 0 Å². The highest BCUT2D eigenvalue weighted by atomic mass is 32.2. The summed E-state index contributed by atoms with van der Waals surface area (Å²) >= 11 is 0. The molecular weight excluding hydrogens is 278 g/mol. The van der Waals surface area contributed by atoms with Crippen LogP contribution < -0.4 is 4.72 Å². The number of hydrogen-bond donors (Lipinski definition) is 3. The zero-order valence-corrected chi connectivity index (χ0v) is 10.4. The molecule has 0 amide bonds. The molecule has 102 valence electrons. The number of H-pyrrole nitrogens is 1. The van der Waals surface area contributed by atoms with Crippen LogP contribution in [0.2, 0.25) is 0 Å². The third kappa shape index (κ3) is 2.77. The van der Waals surface area contributed by atoms with Crippen LogP contribution >= 0.6 is 0 Å². The predicted molar refractivity (Wildman–Crippen MR) is 58.6 cm³/mol. The van der Waals surface area contributed by atoms with E-state index in [1.54, 1.807) is 0 Å². The maximum Gasteiger partial charge on any atom is 0.371 e. The molecule has 0 saturated heterocycles. The van der Waals surface area contributed by atoms with E-state index in [4.69, 9.17) is 9.52 Å². The number of hydrogen-bond acceptors (Lipinski definition) is 7. The molecule has 3 N–H and O–H groups in total. The van der Waals surface area contributed by atoms with Crippen molar-refractivity contribution in [3.8, 4) is 0 Å². The maximum atomic E-state index is 11.9. The van der Waals surface area contributed by atoms with Crippen molar-refractivity contribution in [2.24, 2.45) is 0 Å². The van der Waals surface area contributed by atoms with Crippen molar-refractivity contribution in [1.29, 1.82) is 0 Å². The van der Waals surface area contributed by atoms with Crippen molar-refractivity contribution < 1.29 is 22.7 Å². The summed E-state index contributed by atoms with van der Waals surface area (Å²) in [4.78, 5) is 10.6. The molecule has 1 unspecified atom stereocenters. The lowest BCUT2D eigenvalue weighted by Gasteiger charge is -2.08. The number of aromatic carboxylic acids is 1. The summed E-state index contributed by atoms with van der Waals surface area (Å²) in [6, 6.07) is 1.35. The van der Waals surface area contributed by atoms with Crippen LogP contribution in [0.3, 0.4) is 0 Å². The van der Waals surface area contributed by atoms with Gasteiger partial charge in [-0.25, -0.2) is 13.2 Å². The summed E-state index contributed by atoms with van der Waals surface area (Å²) in [5.74, 6) is -1.67. The average molecular weight is 287 g/mol. The Hall–Kier alpha value is -2.27. The number of nitrogens with zero attached hydrogens (tertiary/aromatic N) is 3. The van der Waals surface area contributed by atoms with Crippen LogP contribution in [0.15, 0.2) is 21.6 Å². The molecule has 2 aromatic heterocycles. The van der Waals surface area contributed by atoms with E-state index in [9.17, 15) is 13.2 Å². The van der Waals surface area contributed by atoms with Crippen molar-refractivity contribution in [1.82, 2.24) is 25.3 Å². The highest BCUT2D eigenvalue weighted by Crippen LogP contribution is 2.16. The van der Waals surface area contributed by atoms with Gasteiger partial charge in [-0.3, -0.25) is 0 Å². The molecule has 0 aliphatic carbocycles. The molecular formula is C8H9N5O5S. The summed E-state index contributed by atoms with van der Waals surface area (Å²) in [7, 11) is -4.00. The molecule has 0 saturated carbocycles. The van der Waals surface area contributed by atoms with Gasteiger partial charge in [0, 0.05) is 0 Å². The van der Waals surface area contributed by atoms with Gasteiger partial charge in [-0.05, 0) is 19.1 Å². The number of carboxylic acids is 1. The lowest BCUT2D eigenvalue weighted by molar-refractivity contribution is 0.0656.